The van der Waals surface area contributed by atoms with Crippen molar-refractivity contribution in [1.82, 2.24) is 24.4 Å². The Morgan fingerprint density at radius 3 is 2.42 bits per heavy atom. The number of nitrogens with one attached hydrogen (secondary N) is 1. The Kier molecular flexibility index (Phi) is 9.14. The smallest absolute Gasteiger partial charge is 0.407 e. The van der Waals surface area contributed by atoms with E-state index in [1.165, 1.54) is 6.20 Å². The summed E-state index contributed by atoms with van der Waals surface area (Å²) < 4.78 is 104. The molecule has 1 amide bonds. The number of piperidine rings is 1. The largest absolute Gasteiger partial charge is 0.465 e. The molecule has 3 aromatic rings. The summed E-state index contributed by atoms with van der Waals surface area (Å²) in [5.41, 5.74) is -2.93. The van der Waals surface area contributed by atoms with Gasteiger partial charge in [0.15, 0.2) is 17.3 Å². The van der Waals surface area contributed by atoms with Crippen LogP contribution in [0.25, 0.3) is 22.4 Å². The van der Waals surface area contributed by atoms with Gasteiger partial charge in [-0.2, -0.15) is 18.2 Å². The number of nitrogens with zero attached hydrogens (tertiary/aromatic N) is 6. The molecule has 3 heterocycles. The van der Waals surface area contributed by atoms with Crippen LogP contribution in [0.2, 0.25) is 0 Å². The van der Waals surface area contributed by atoms with Crippen molar-refractivity contribution in [2.75, 3.05) is 29.3 Å². The molecule has 2 aromatic heterocycles. The number of benzene rings is 1. The van der Waals surface area contributed by atoms with Crippen LogP contribution in [-0.4, -0.2) is 82.4 Å². The molecule has 43 heavy (non-hydrogen) atoms. The Bertz CT molecular complexity index is 1600. The molecule has 1 unspecified atom stereocenters. The lowest BCUT2D eigenvalue weighted by Crippen LogP contribution is -2.49. The third-order valence-corrected chi connectivity index (χ3v) is 7.22. The quantitative estimate of drug-likeness (QED) is 0.245. The lowest BCUT2D eigenvalue weighted by Gasteiger charge is -2.33. The van der Waals surface area contributed by atoms with Gasteiger partial charge in [0.2, 0.25) is 5.95 Å². The SMILES string of the molecule is CC(C)n1c(=O)c(-c2cc(F)c(N(CCC(F)(F)F)S(=O)O)c(F)c2)nc2cnc(N[C@H]3C[C@H](F)CN(C(=O)O)C3)nc21. The summed E-state index contributed by atoms with van der Waals surface area (Å²) in [5.74, 6) is -3.08. The van der Waals surface area contributed by atoms with Crippen molar-refractivity contribution in [3.63, 3.8) is 0 Å². The van der Waals surface area contributed by atoms with Crippen molar-refractivity contribution in [2.45, 2.75) is 51.1 Å². The summed E-state index contributed by atoms with van der Waals surface area (Å²) in [7, 11) is 0. The molecule has 3 atom stereocenters. The van der Waals surface area contributed by atoms with E-state index in [-0.39, 0.29) is 40.9 Å². The van der Waals surface area contributed by atoms with E-state index in [2.05, 4.69) is 20.3 Å². The fraction of sp³-hybridized carbons (Fsp3) is 0.458. The van der Waals surface area contributed by atoms with Crippen LogP contribution >= 0.6 is 0 Å². The van der Waals surface area contributed by atoms with Crippen LogP contribution in [0, 0.1) is 11.6 Å². The van der Waals surface area contributed by atoms with E-state index in [1.807, 2.05) is 0 Å². The number of carbonyl (C=O) groups is 1. The molecular formula is C24H25F6N7O5S. The minimum absolute atomic E-state index is 0.00110. The molecule has 1 aliphatic rings. The van der Waals surface area contributed by atoms with E-state index < -0.39 is 88.9 Å². The first kappa shape index (κ1) is 31.9. The van der Waals surface area contributed by atoms with Crippen LogP contribution in [0.3, 0.4) is 0 Å². The fourth-order valence-electron chi connectivity index (χ4n) is 4.66. The van der Waals surface area contributed by atoms with Crippen LogP contribution < -0.4 is 15.2 Å². The number of anilines is 2. The minimum atomic E-state index is -4.77. The summed E-state index contributed by atoms with van der Waals surface area (Å²) in [6.07, 6.45) is -7.96. The van der Waals surface area contributed by atoms with E-state index in [0.29, 0.717) is 12.1 Å². The second kappa shape index (κ2) is 12.3. The molecule has 0 bridgehead atoms. The van der Waals surface area contributed by atoms with Crippen molar-refractivity contribution < 1.29 is 45.0 Å². The van der Waals surface area contributed by atoms with Crippen LogP contribution in [0.5, 0.6) is 0 Å². The average Bonchev–Trinajstić information content (AvgIpc) is 2.88. The maximum absolute atomic E-state index is 15.1. The second-order valence-electron chi connectivity index (χ2n) is 9.98. The van der Waals surface area contributed by atoms with E-state index in [9.17, 15) is 41.0 Å². The molecule has 234 valence electrons. The van der Waals surface area contributed by atoms with E-state index in [0.717, 1.165) is 9.47 Å². The first-order chi connectivity index (χ1) is 20.1. The summed E-state index contributed by atoms with van der Waals surface area (Å²) >= 11 is -3.21. The maximum atomic E-state index is 15.1. The zero-order chi connectivity index (χ0) is 31.8. The molecule has 3 N–H and O–H groups in total. The number of aromatic nitrogens is 4. The maximum Gasteiger partial charge on any atom is 0.407 e. The lowest BCUT2D eigenvalue weighted by atomic mass is 10.0. The number of hydrogen-bond acceptors (Lipinski definition) is 7. The normalized spacial score (nSPS) is 18.2. The van der Waals surface area contributed by atoms with Crippen molar-refractivity contribution in [3.8, 4) is 11.3 Å². The predicted octanol–water partition coefficient (Wildman–Crippen LogP) is 4.11. The zero-order valence-corrected chi connectivity index (χ0v) is 23.3. The van der Waals surface area contributed by atoms with E-state index in [1.54, 1.807) is 13.8 Å². The number of alkyl halides is 4. The Hall–Kier alpha value is -4.00. The fourth-order valence-corrected chi connectivity index (χ4v) is 5.23. The number of carboxylic acid groups (broad SMARTS) is 1. The number of fused-ring (bicyclic) bond motifs is 1. The van der Waals surface area contributed by atoms with Crippen LogP contribution in [0.15, 0.2) is 23.1 Å². The second-order valence-corrected chi connectivity index (χ2v) is 10.9. The highest BCUT2D eigenvalue weighted by Gasteiger charge is 2.32. The summed E-state index contributed by atoms with van der Waals surface area (Å²) in [5, 5.41) is 12.1. The third-order valence-electron chi connectivity index (χ3n) is 6.48. The van der Waals surface area contributed by atoms with Gasteiger partial charge in [0.1, 0.15) is 23.1 Å². The molecule has 12 nitrogen and oxygen atoms in total. The highest BCUT2D eigenvalue weighted by molar-refractivity contribution is 7.80. The molecule has 1 aromatic carbocycles. The number of hydrogen-bond donors (Lipinski definition) is 3. The molecule has 0 spiro atoms. The Morgan fingerprint density at radius 1 is 1.21 bits per heavy atom. The van der Waals surface area contributed by atoms with Crippen molar-refractivity contribution >= 4 is 40.2 Å². The van der Waals surface area contributed by atoms with Crippen molar-refractivity contribution in [3.05, 3.63) is 40.3 Å². The molecule has 0 saturated carbocycles. The highest BCUT2D eigenvalue weighted by atomic mass is 32.2. The number of halogens is 6. The molecule has 19 heteroatoms. The molecular weight excluding hydrogens is 612 g/mol. The van der Waals surface area contributed by atoms with Gasteiger partial charge >= 0.3 is 12.3 Å². The zero-order valence-electron chi connectivity index (χ0n) is 22.5. The molecule has 0 aliphatic carbocycles. The number of amides is 1. The molecule has 1 fully saturated rings. The highest BCUT2D eigenvalue weighted by Crippen LogP contribution is 2.31. The van der Waals surface area contributed by atoms with Gasteiger partial charge in [-0.25, -0.2) is 32.1 Å². The number of likely N-dealkylation sites (tertiary alicyclic amines) is 1. The van der Waals surface area contributed by atoms with Crippen LogP contribution in [-0.2, 0) is 11.3 Å². The van der Waals surface area contributed by atoms with Gasteiger partial charge in [-0.1, -0.05) is 0 Å². The molecule has 1 saturated heterocycles. The van der Waals surface area contributed by atoms with E-state index >= 15 is 8.78 Å². The van der Waals surface area contributed by atoms with Crippen LogP contribution in [0.4, 0.5) is 42.8 Å². The van der Waals surface area contributed by atoms with Gasteiger partial charge in [0.05, 0.1) is 19.2 Å². The standard InChI is InChI=1S/C24H25F6N7O5S/c1-11(2)37-20-17(8-31-22(34-20)32-14-7-13(25)9-35(10-14)23(39)40)33-18(21(37)38)12-5-15(26)19(16(27)6-12)36(43(41)42)4-3-24(28,29)30/h5-6,8,11,13-14H,3-4,7,9-10H2,1-2H3,(H,39,40)(H,41,42)(H,31,32,34)/t13-,14-/m0/s1. The van der Waals surface area contributed by atoms with Gasteiger partial charge in [-0.15, -0.1) is 0 Å². The van der Waals surface area contributed by atoms with Gasteiger partial charge in [0.25, 0.3) is 16.8 Å². The van der Waals surface area contributed by atoms with Crippen LogP contribution in [0.1, 0.15) is 32.7 Å². The molecule has 1 aliphatic heterocycles. The predicted molar refractivity (Wildman–Crippen MR) is 143 cm³/mol. The van der Waals surface area contributed by atoms with Gasteiger partial charge in [-0.05, 0) is 26.0 Å². The Balaban J connectivity index is 1.73. The monoisotopic (exact) mass is 637 g/mol. The van der Waals surface area contributed by atoms with Gasteiger partial charge in [-0.3, -0.25) is 18.2 Å². The molecule has 0 radical (unpaired) electrons. The third kappa shape index (κ3) is 7.15. The van der Waals surface area contributed by atoms with Gasteiger partial charge < -0.3 is 15.3 Å². The van der Waals surface area contributed by atoms with Crippen molar-refractivity contribution in [2.24, 2.45) is 0 Å². The Morgan fingerprint density at radius 2 is 1.86 bits per heavy atom. The minimum Gasteiger partial charge on any atom is -0.465 e. The van der Waals surface area contributed by atoms with Crippen molar-refractivity contribution in [1.29, 1.82) is 0 Å². The van der Waals surface area contributed by atoms with E-state index in [4.69, 9.17) is 0 Å². The topological polar surface area (TPSA) is 154 Å². The summed E-state index contributed by atoms with van der Waals surface area (Å²) in [6, 6.07) is -0.0612. The number of rotatable bonds is 8. The first-order valence-corrected chi connectivity index (χ1v) is 13.7. The molecule has 4 rings (SSSR count). The Labute approximate surface area is 241 Å². The first-order valence-electron chi connectivity index (χ1n) is 12.7. The summed E-state index contributed by atoms with van der Waals surface area (Å²) in [4.78, 5) is 38.2. The lowest BCUT2D eigenvalue weighted by molar-refractivity contribution is -0.132. The van der Waals surface area contributed by atoms with Gasteiger partial charge in [0, 0.05) is 37.2 Å². The average molecular weight is 638 g/mol. The summed E-state index contributed by atoms with van der Waals surface area (Å²) in [6.45, 7) is 1.67.